The van der Waals surface area contributed by atoms with Gasteiger partial charge in [0.25, 0.3) is 11.8 Å². The first-order valence-corrected chi connectivity index (χ1v) is 8.77. The Kier molecular flexibility index (Phi) is 5.48. The van der Waals surface area contributed by atoms with Crippen LogP contribution >= 0.6 is 15.9 Å². The Labute approximate surface area is 158 Å². The van der Waals surface area contributed by atoms with Gasteiger partial charge in [-0.3, -0.25) is 9.59 Å². The minimum absolute atomic E-state index is 0.154. The van der Waals surface area contributed by atoms with Gasteiger partial charge in [0.1, 0.15) is 0 Å². The molecule has 0 saturated heterocycles. The van der Waals surface area contributed by atoms with Crippen LogP contribution in [0.25, 0.3) is 10.9 Å². The number of halogens is 1. The van der Waals surface area contributed by atoms with Gasteiger partial charge in [0, 0.05) is 32.2 Å². The van der Waals surface area contributed by atoms with E-state index in [0.29, 0.717) is 5.56 Å². The fourth-order valence-corrected chi connectivity index (χ4v) is 2.80. The Hall–Kier alpha value is -2.93. The van der Waals surface area contributed by atoms with E-state index in [1.165, 1.54) is 0 Å². The summed E-state index contributed by atoms with van der Waals surface area (Å²) in [5.74, 6) is -0.715. The van der Waals surface area contributed by atoms with Gasteiger partial charge in [-0.05, 0) is 37.3 Å². The topological polar surface area (TPSA) is 86.3 Å². The average Bonchev–Trinajstić information content (AvgIpc) is 2.96. The van der Waals surface area contributed by atoms with Crippen LogP contribution in [-0.2, 0) is 4.79 Å². The summed E-state index contributed by atoms with van der Waals surface area (Å²) in [5, 5.41) is 7.58. The molecule has 3 rings (SSSR count). The van der Waals surface area contributed by atoms with Crippen LogP contribution in [0.5, 0.6) is 0 Å². The molecule has 2 aromatic carbocycles. The zero-order valence-electron chi connectivity index (χ0n) is 14.0. The number of nitrogens with zero attached hydrogens (tertiary/aromatic N) is 1. The number of fused-ring (bicyclic) bond motifs is 1. The van der Waals surface area contributed by atoms with Crippen molar-refractivity contribution < 1.29 is 9.59 Å². The molecule has 0 fully saturated rings. The van der Waals surface area contributed by atoms with Crippen molar-refractivity contribution in [2.75, 3.05) is 6.54 Å². The second kappa shape index (κ2) is 7.97. The smallest absolute Gasteiger partial charge is 0.259 e. The zero-order chi connectivity index (χ0) is 18.5. The van der Waals surface area contributed by atoms with E-state index in [2.05, 4.69) is 36.8 Å². The number of para-hydroxylation sites is 1. The van der Waals surface area contributed by atoms with Crippen LogP contribution in [0.2, 0.25) is 0 Å². The van der Waals surface area contributed by atoms with Gasteiger partial charge >= 0.3 is 0 Å². The number of carbonyl (C=O) groups is 2. The molecule has 1 heterocycles. The Morgan fingerprint density at radius 1 is 1.15 bits per heavy atom. The van der Waals surface area contributed by atoms with E-state index in [1.54, 1.807) is 30.5 Å². The minimum atomic E-state index is -0.399. The summed E-state index contributed by atoms with van der Waals surface area (Å²) in [5.41, 5.74) is 5.80. The van der Waals surface area contributed by atoms with E-state index in [9.17, 15) is 9.59 Å². The van der Waals surface area contributed by atoms with E-state index in [4.69, 9.17) is 0 Å². The number of rotatable bonds is 5. The first-order chi connectivity index (χ1) is 12.5. The molecule has 0 spiro atoms. The first kappa shape index (κ1) is 17.9. The molecule has 7 heteroatoms. The molecule has 132 valence electrons. The Morgan fingerprint density at radius 3 is 2.65 bits per heavy atom. The quantitative estimate of drug-likeness (QED) is 0.444. The van der Waals surface area contributed by atoms with Gasteiger partial charge in [0.05, 0.1) is 12.8 Å². The monoisotopic (exact) mass is 412 g/mol. The van der Waals surface area contributed by atoms with Crippen molar-refractivity contribution in [3.63, 3.8) is 0 Å². The number of aromatic amines is 1. The molecule has 0 aliphatic heterocycles. The number of H-pyrrole nitrogens is 1. The van der Waals surface area contributed by atoms with E-state index < -0.39 is 5.91 Å². The number of nitrogens with one attached hydrogen (secondary N) is 3. The van der Waals surface area contributed by atoms with Crippen molar-refractivity contribution >= 4 is 44.9 Å². The highest BCUT2D eigenvalue weighted by molar-refractivity contribution is 9.10. The Bertz CT molecular complexity index is 977. The van der Waals surface area contributed by atoms with E-state index in [-0.39, 0.29) is 12.5 Å². The Morgan fingerprint density at radius 2 is 1.88 bits per heavy atom. The summed E-state index contributed by atoms with van der Waals surface area (Å²) in [7, 11) is 0. The van der Waals surface area contributed by atoms with Gasteiger partial charge in [0.15, 0.2) is 0 Å². The number of aryl methyl sites for hydroxylation is 1. The molecule has 26 heavy (non-hydrogen) atoms. The van der Waals surface area contributed by atoms with Crippen molar-refractivity contribution in [1.82, 2.24) is 15.7 Å². The van der Waals surface area contributed by atoms with Crippen molar-refractivity contribution in [2.24, 2.45) is 5.10 Å². The normalized spacial score (nSPS) is 11.0. The van der Waals surface area contributed by atoms with E-state index in [1.807, 2.05) is 31.2 Å². The summed E-state index contributed by atoms with van der Waals surface area (Å²) >= 11 is 3.31. The summed E-state index contributed by atoms with van der Waals surface area (Å²) in [6, 6.07) is 14.8. The number of carbonyl (C=O) groups excluding carboxylic acids is 2. The Balaban J connectivity index is 1.55. The van der Waals surface area contributed by atoms with Gasteiger partial charge in [-0.25, -0.2) is 5.43 Å². The fraction of sp³-hybridized carbons (Fsp3) is 0.105. The van der Waals surface area contributed by atoms with Crippen LogP contribution in [0.1, 0.15) is 21.6 Å². The molecule has 6 nitrogen and oxygen atoms in total. The molecule has 0 saturated carbocycles. The third kappa shape index (κ3) is 4.18. The lowest BCUT2D eigenvalue weighted by molar-refractivity contribution is -0.120. The maximum atomic E-state index is 12.0. The lowest BCUT2D eigenvalue weighted by atomic mass is 10.1. The molecule has 0 atom stereocenters. The second-order valence-electron chi connectivity index (χ2n) is 5.69. The lowest BCUT2D eigenvalue weighted by Gasteiger charge is -2.04. The van der Waals surface area contributed by atoms with E-state index in [0.717, 1.165) is 26.6 Å². The summed E-state index contributed by atoms with van der Waals surface area (Å²) in [6.07, 6.45) is 1.60. The number of hydrazone groups is 1. The molecule has 0 radical (unpaired) electrons. The standard InChI is InChI=1S/C19H17BrN4O2/c1-12-16(15-4-2-3-5-17(15)23-12)10-22-24-18(25)11-21-19(26)13-6-8-14(20)9-7-13/h2-10,23H,11H2,1H3,(H,21,26)(H,24,25)/b22-10-. The molecule has 1 aromatic heterocycles. The van der Waals surface area contributed by atoms with E-state index >= 15 is 0 Å². The minimum Gasteiger partial charge on any atom is -0.358 e. The average molecular weight is 413 g/mol. The van der Waals surface area contributed by atoms with Crippen molar-refractivity contribution in [2.45, 2.75) is 6.92 Å². The molecule has 0 unspecified atom stereocenters. The maximum absolute atomic E-state index is 12.0. The number of hydrogen-bond acceptors (Lipinski definition) is 3. The largest absolute Gasteiger partial charge is 0.358 e. The molecule has 0 aliphatic rings. The summed E-state index contributed by atoms with van der Waals surface area (Å²) < 4.78 is 0.883. The molecule has 0 bridgehead atoms. The molecular formula is C19H17BrN4O2. The van der Waals surface area contributed by atoms with Crippen LogP contribution in [0.4, 0.5) is 0 Å². The van der Waals surface area contributed by atoms with Gasteiger partial charge in [-0.2, -0.15) is 5.10 Å². The predicted octanol–water partition coefficient (Wildman–Crippen LogP) is 3.12. The number of benzene rings is 2. The number of amides is 2. The predicted molar refractivity (Wildman–Crippen MR) is 105 cm³/mol. The zero-order valence-corrected chi connectivity index (χ0v) is 15.6. The van der Waals surface area contributed by atoms with Gasteiger partial charge in [-0.15, -0.1) is 0 Å². The van der Waals surface area contributed by atoms with Gasteiger partial charge < -0.3 is 10.3 Å². The highest BCUT2D eigenvalue weighted by Gasteiger charge is 2.08. The highest BCUT2D eigenvalue weighted by Crippen LogP contribution is 2.19. The third-order valence-electron chi connectivity index (χ3n) is 3.84. The van der Waals surface area contributed by atoms with Crippen LogP contribution in [-0.4, -0.2) is 29.6 Å². The van der Waals surface area contributed by atoms with Crippen LogP contribution in [0, 0.1) is 6.92 Å². The third-order valence-corrected chi connectivity index (χ3v) is 4.37. The fourth-order valence-electron chi connectivity index (χ4n) is 2.54. The number of aromatic nitrogens is 1. The van der Waals surface area contributed by atoms with Crippen molar-refractivity contribution in [1.29, 1.82) is 0 Å². The summed E-state index contributed by atoms with van der Waals surface area (Å²) in [6.45, 7) is 1.79. The molecule has 3 N–H and O–H groups in total. The van der Waals surface area contributed by atoms with Crippen LogP contribution < -0.4 is 10.7 Å². The van der Waals surface area contributed by atoms with Gasteiger partial charge in [-0.1, -0.05) is 34.1 Å². The molecular weight excluding hydrogens is 396 g/mol. The first-order valence-electron chi connectivity index (χ1n) is 7.97. The highest BCUT2D eigenvalue weighted by atomic mass is 79.9. The maximum Gasteiger partial charge on any atom is 0.259 e. The van der Waals surface area contributed by atoms with Gasteiger partial charge in [0.2, 0.25) is 0 Å². The number of hydrogen-bond donors (Lipinski definition) is 3. The molecule has 0 aliphatic carbocycles. The lowest BCUT2D eigenvalue weighted by Crippen LogP contribution is -2.34. The van der Waals surface area contributed by atoms with Crippen LogP contribution in [0.15, 0.2) is 58.1 Å². The van der Waals surface area contributed by atoms with Crippen molar-refractivity contribution in [3.8, 4) is 0 Å². The van der Waals surface area contributed by atoms with Crippen LogP contribution in [0.3, 0.4) is 0 Å². The molecule has 3 aromatic rings. The van der Waals surface area contributed by atoms with Crippen molar-refractivity contribution in [3.05, 3.63) is 69.8 Å². The molecule has 2 amide bonds. The summed E-state index contributed by atoms with van der Waals surface area (Å²) in [4.78, 5) is 27.1. The SMILES string of the molecule is Cc1[nH]c2ccccc2c1/C=N\NC(=O)CNC(=O)c1ccc(Br)cc1. The second-order valence-corrected chi connectivity index (χ2v) is 6.61.